The Hall–Kier alpha value is -2.99. The summed E-state index contributed by atoms with van der Waals surface area (Å²) in [6.07, 6.45) is 2.73. The second-order valence-corrected chi connectivity index (χ2v) is 8.67. The number of Topliss-reactive ketones (excluding diaryl/α,β-unsaturated/α-hetero) is 1. The molecule has 1 aliphatic rings. The first kappa shape index (κ1) is 24.6. The lowest BCUT2D eigenvalue weighted by atomic mass is 9.95. The molecule has 1 N–H and O–H groups in total. The van der Waals surface area contributed by atoms with Crippen molar-refractivity contribution in [3.05, 3.63) is 64.2 Å². The van der Waals surface area contributed by atoms with Crippen LogP contribution in [0.1, 0.15) is 50.3 Å². The van der Waals surface area contributed by atoms with Gasteiger partial charge in [-0.3, -0.25) is 9.59 Å². The van der Waals surface area contributed by atoms with Crippen LogP contribution in [0.2, 0.25) is 5.02 Å². The van der Waals surface area contributed by atoms with E-state index in [0.717, 1.165) is 30.5 Å². The summed E-state index contributed by atoms with van der Waals surface area (Å²) in [7, 11) is 3.89. The van der Waals surface area contributed by atoms with Crippen LogP contribution < -0.4 is 9.64 Å². The number of carbonyl (C=O) groups excluding carboxylic acids is 2. The third-order valence-electron chi connectivity index (χ3n) is 5.77. The number of benzene rings is 2. The Balaban J connectivity index is 2.12. The van der Waals surface area contributed by atoms with E-state index in [4.69, 9.17) is 16.3 Å². The van der Waals surface area contributed by atoms with Gasteiger partial charge < -0.3 is 19.6 Å². The first-order valence-electron chi connectivity index (χ1n) is 11.3. The monoisotopic (exact) mass is 470 g/mol. The van der Waals surface area contributed by atoms with Crippen molar-refractivity contribution in [3.63, 3.8) is 0 Å². The summed E-state index contributed by atoms with van der Waals surface area (Å²) in [6.45, 7) is 4.77. The Labute approximate surface area is 200 Å². The lowest BCUT2D eigenvalue weighted by Crippen LogP contribution is -2.30. The highest BCUT2D eigenvalue weighted by atomic mass is 35.5. The van der Waals surface area contributed by atoms with E-state index in [-0.39, 0.29) is 11.3 Å². The lowest BCUT2D eigenvalue weighted by molar-refractivity contribution is -0.139. The van der Waals surface area contributed by atoms with Crippen molar-refractivity contribution in [2.24, 2.45) is 0 Å². The molecule has 0 bridgehead atoms. The predicted molar refractivity (Wildman–Crippen MR) is 132 cm³/mol. The number of aliphatic hydroxyl groups is 1. The van der Waals surface area contributed by atoms with Gasteiger partial charge >= 0.3 is 0 Å². The lowest BCUT2D eigenvalue weighted by Gasteiger charge is -2.26. The van der Waals surface area contributed by atoms with Crippen LogP contribution >= 0.6 is 11.6 Å². The number of amides is 1. The molecule has 2 aromatic carbocycles. The van der Waals surface area contributed by atoms with Crippen LogP contribution in [0.4, 0.5) is 5.69 Å². The molecule has 1 saturated heterocycles. The van der Waals surface area contributed by atoms with Gasteiger partial charge in [0.1, 0.15) is 11.5 Å². The first-order valence-corrected chi connectivity index (χ1v) is 11.7. The average Bonchev–Trinajstić information content (AvgIpc) is 3.05. The molecular formula is C26H31ClN2O4. The minimum Gasteiger partial charge on any atom is -0.507 e. The molecule has 0 saturated carbocycles. The summed E-state index contributed by atoms with van der Waals surface area (Å²) < 4.78 is 5.54. The van der Waals surface area contributed by atoms with Crippen molar-refractivity contribution < 1.29 is 19.4 Å². The van der Waals surface area contributed by atoms with Crippen LogP contribution in [-0.4, -0.2) is 48.9 Å². The van der Waals surface area contributed by atoms with E-state index >= 15 is 0 Å². The highest BCUT2D eigenvalue weighted by Gasteiger charge is 2.45. The maximum atomic E-state index is 13.1. The molecule has 0 aliphatic carbocycles. The van der Waals surface area contributed by atoms with Gasteiger partial charge in [0, 0.05) is 31.9 Å². The molecule has 3 rings (SSSR count). The zero-order valence-electron chi connectivity index (χ0n) is 19.6. The standard InChI is InChI=1S/C26H31ClN2O4/c1-5-7-8-15-29-23(17-9-12-19(13-10-17)28(3)4)22(25(31)26(29)32)24(30)18-11-14-20(27)21(16-18)33-6-2/h9-14,16,23,30H,5-8,15H2,1-4H3/b24-22-. The molecule has 1 amide bonds. The van der Waals surface area contributed by atoms with Crippen LogP contribution in [0.25, 0.3) is 5.76 Å². The van der Waals surface area contributed by atoms with Gasteiger partial charge in [0.25, 0.3) is 11.7 Å². The van der Waals surface area contributed by atoms with E-state index in [1.54, 1.807) is 23.1 Å². The predicted octanol–water partition coefficient (Wildman–Crippen LogP) is 5.42. The van der Waals surface area contributed by atoms with Gasteiger partial charge in [-0.05, 0) is 49.2 Å². The molecule has 1 heterocycles. The number of hydrogen-bond donors (Lipinski definition) is 1. The number of rotatable bonds is 9. The molecule has 0 aromatic heterocycles. The molecule has 176 valence electrons. The fraction of sp³-hybridized carbons (Fsp3) is 0.385. The highest BCUT2D eigenvalue weighted by Crippen LogP contribution is 2.41. The fourth-order valence-electron chi connectivity index (χ4n) is 4.02. The van der Waals surface area contributed by atoms with E-state index in [9.17, 15) is 14.7 Å². The van der Waals surface area contributed by atoms with E-state index in [2.05, 4.69) is 6.92 Å². The van der Waals surface area contributed by atoms with Crippen LogP contribution in [0.3, 0.4) is 0 Å². The van der Waals surface area contributed by atoms with E-state index in [1.807, 2.05) is 50.2 Å². The quantitative estimate of drug-likeness (QED) is 0.229. The molecule has 1 unspecified atom stereocenters. The van der Waals surface area contributed by atoms with Gasteiger partial charge in [-0.1, -0.05) is 43.5 Å². The van der Waals surface area contributed by atoms with Crippen molar-refractivity contribution in [3.8, 4) is 5.75 Å². The molecule has 2 aromatic rings. The van der Waals surface area contributed by atoms with Crippen molar-refractivity contribution in [2.45, 2.75) is 39.2 Å². The van der Waals surface area contributed by atoms with Gasteiger partial charge in [0.2, 0.25) is 0 Å². The minimum atomic E-state index is -0.682. The summed E-state index contributed by atoms with van der Waals surface area (Å²) in [6, 6.07) is 11.9. The Morgan fingerprint density at radius 1 is 1.09 bits per heavy atom. The molecule has 0 spiro atoms. The Morgan fingerprint density at radius 3 is 2.39 bits per heavy atom. The topological polar surface area (TPSA) is 70.1 Å². The Bertz CT molecular complexity index is 1050. The molecule has 1 aliphatic heterocycles. The number of halogens is 1. The van der Waals surface area contributed by atoms with Gasteiger partial charge in [0.15, 0.2) is 0 Å². The third-order valence-corrected chi connectivity index (χ3v) is 6.08. The average molecular weight is 471 g/mol. The SMILES string of the molecule is CCCCCN1C(=O)C(=O)/C(=C(\O)c2ccc(Cl)c(OCC)c2)C1c1ccc(N(C)C)cc1. The Kier molecular flexibility index (Phi) is 8.03. The van der Waals surface area contributed by atoms with Crippen LogP contribution in [0, 0.1) is 0 Å². The zero-order valence-corrected chi connectivity index (χ0v) is 20.4. The maximum Gasteiger partial charge on any atom is 0.295 e. The van der Waals surface area contributed by atoms with Crippen LogP contribution in [0.15, 0.2) is 48.0 Å². The number of likely N-dealkylation sites (tertiary alicyclic amines) is 1. The zero-order chi connectivity index (χ0) is 24.1. The molecule has 33 heavy (non-hydrogen) atoms. The summed E-state index contributed by atoms with van der Waals surface area (Å²) in [5.74, 6) is -1.09. The maximum absolute atomic E-state index is 13.1. The molecular weight excluding hydrogens is 440 g/mol. The van der Waals surface area contributed by atoms with E-state index in [1.165, 1.54) is 0 Å². The summed E-state index contributed by atoms with van der Waals surface area (Å²) in [4.78, 5) is 29.7. The van der Waals surface area contributed by atoms with Gasteiger partial charge in [-0.15, -0.1) is 0 Å². The summed E-state index contributed by atoms with van der Waals surface area (Å²) in [5, 5.41) is 11.6. The summed E-state index contributed by atoms with van der Waals surface area (Å²) >= 11 is 6.19. The number of ether oxygens (including phenoxy) is 1. The largest absolute Gasteiger partial charge is 0.507 e. The number of carbonyl (C=O) groups is 2. The number of aliphatic hydroxyl groups excluding tert-OH is 1. The molecule has 1 atom stereocenters. The summed E-state index contributed by atoms with van der Waals surface area (Å²) in [5.41, 5.74) is 2.24. The van der Waals surface area contributed by atoms with Crippen molar-refractivity contribution >= 4 is 34.7 Å². The number of anilines is 1. The molecule has 6 nitrogen and oxygen atoms in total. The second-order valence-electron chi connectivity index (χ2n) is 8.26. The smallest absolute Gasteiger partial charge is 0.295 e. The van der Waals surface area contributed by atoms with E-state index < -0.39 is 17.7 Å². The third kappa shape index (κ3) is 5.17. The van der Waals surface area contributed by atoms with Crippen molar-refractivity contribution in [1.29, 1.82) is 0 Å². The minimum absolute atomic E-state index is 0.0823. The number of unbranched alkanes of at least 4 members (excludes halogenated alkanes) is 2. The van der Waals surface area contributed by atoms with Gasteiger partial charge in [-0.25, -0.2) is 0 Å². The molecule has 7 heteroatoms. The number of nitrogens with zero attached hydrogens (tertiary/aromatic N) is 2. The normalized spacial score (nSPS) is 17.5. The molecule has 1 fully saturated rings. The van der Waals surface area contributed by atoms with Crippen LogP contribution in [0.5, 0.6) is 5.75 Å². The van der Waals surface area contributed by atoms with Gasteiger partial charge in [-0.2, -0.15) is 0 Å². The Morgan fingerprint density at radius 2 is 1.79 bits per heavy atom. The second kappa shape index (κ2) is 10.8. The number of hydrogen-bond acceptors (Lipinski definition) is 5. The van der Waals surface area contributed by atoms with Crippen LogP contribution in [-0.2, 0) is 9.59 Å². The first-order chi connectivity index (χ1) is 15.8. The van der Waals surface area contributed by atoms with Crippen molar-refractivity contribution in [1.82, 2.24) is 4.90 Å². The fourth-order valence-corrected chi connectivity index (χ4v) is 4.19. The van der Waals surface area contributed by atoms with E-state index in [0.29, 0.717) is 29.5 Å². The van der Waals surface area contributed by atoms with Gasteiger partial charge in [0.05, 0.1) is 23.2 Å². The highest BCUT2D eigenvalue weighted by molar-refractivity contribution is 6.46. The molecule has 0 radical (unpaired) electrons. The van der Waals surface area contributed by atoms with Crippen molar-refractivity contribution in [2.75, 3.05) is 32.1 Å². The number of ketones is 1.